The fraction of sp³-hybridized carbons (Fsp3) is 0.593. The molecule has 0 bridgehead atoms. The third-order valence-electron chi connectivity index (χ3n) is 8.68. The van der Waals surface area contributed by atoms with Crippen molar-refractivity contribution in [2.45, 2.75) is 57.3 Å². The van der Waals surface area contributed by atoms with Crippen LogP contribution in [-0.2, 0) is 17.8 Å². The van der Waals surface area contributed by atoms with Crippen LogP contribution in [0.4, 0.5) is 18.9 Å². The lowest BCUT2D eigenvalue weighted by molar-refractivity contribution is -0.132. The maximum absolute atomic E-state index is 14.1. The minimum atomic E-state index is -2.53. The van der Waals surface area contributed by atoms with Gasteiger partial charge in [-0.1, -0.05) is 12.1 Å². The first-order chi connectivity index (χ1) is 18.2. The Morgan fingerprint density at radius 3 is 2.61 bits per heavy atom. The first-order valence-electron chi connectivity index (χ1n) is 13.3. The number of amides is 2. The van der Waals surface area contributed by atoms with Crippen molar-refractivity contribution in [3.8, 4) is 0 Å². The van der Waals surface area contributed by atoms with Crippen LogP contribution in [-0.4, -0.2) is 88.0 Å². The van der Waals surface area contributed by atoms with Crippen LogP contribution in [0.1, 0.15) is 58.1 Å². The number of halogens is 3. The number of aliphatic hydroxyl groups is 1. The number of benzene rings is 1. The van der Waals surface area contributed by atoms with Gasteiger partial charge in [0.15, 0.2) is 5.69 Å². The standard InChI is InChI=1S/C27H32F3N5O3/c1-15-17(26(29)30)3-2-4-20(15)32-7-9-33(10-8-32)23(37)14-35-21-12-16-11-18(16)24(21)25(31-35)27(38)34-6-5-22(36)19(28)13-34/h2-4,16,18-19,22,26,36H,5-14H2,1H3/t16-,18-,19+,22-/m1/s1. The van der Waals surface area contributed by atoms with Crippen LogP contribution in [0.5, 0.6) is 0 Å². The Hall–Kier alpha value is -3.08. The maximum atomic E-state index is 14.1. The summed E-state index contributed by atoms with van der Waals surface area (Å²) < 4.78 is 42.4. The third-order valence-corrected chi connectivity index (χ3v) is 8.68. The van der Waals surface area contributed by atoms with Gasteiger partial charge in [-0.25, -0.2) is 13.2 Å². The van der Waals surface area contributed by atoms with Crippen molar-refractivity contribution in [2.75, 3.05) is 44.2 Å². The van der Waals surface area contributed by atoms with Crippen molar-refractivity contribution < 1.29 is 27.9 Å². The molecule has 38 heavy (non-hydrogen) atoms. The van der Waals surface area contributed by atoms with Crippen molar-refractivity contribution in [3.63, 3.8) is 0 Å². The molecule has 1 N–H and O–H groups in total. The molecule has 0 radical (unpaired) electrons. The Bertz CT molecular complexity index is 1260. The fourth-order valence-corrected chi connectivity index (χ4v) is 6.35. The highest BCUT2D eigenvalue weighted by atomic mass is 19.3. The van der Waals surface area contributed by atoms with Gasteiger partial charge in [0, 0.05) is 55.2 Å². The molecule has 6 rings (SSSR count). The lowest BCUT2D eigenvalue weighted by Gasteiger charge is -2.37. The summed E-state index contributed by atoms with van der Waals surface area (Å²) in [6.45, 7) is 3.86. The second kappa shape index (κ2) is 9.59. The van der Waals surface area contributed by atoms with Gasteiger partial charge in [-0.15, -0.1) is 0 Å². The van der Waals surface area contributed by atoms with Crippen molar-refractivity contribution >= 4 is 17.5 Å². The van der Waals surface area contributed by atoms with E-state index in [1.807, 2.05) is 11.0 Å². The smallest absolute Gasteiger partial charge is 0.274 e. The van der Waals surface area contributed by atoms with E-state index < -0.39 is 18.7 Å². The highest BCUT2D eigenvalue weighted by Gasteiger charge is 2.51. The van der Waals surface area contributed by atoms with E-state index in [1.54, 1.807) is 22.6 Å². The van der Waals surface area contributed by atoms with E-state index in [-0.39, 0.29) is 49.4 Å². The Labute approximate surface area is 219 Å². The normalized spacial score (nSPS) is 26.5. The van der Waals surface area contributed by atoms with Crippen LogP contribution in [0.15, 0.2) is 18.2 Å². The minimum absolute atomic E-state index is 0.0272. The number of aliphatic hydroxyl groups excluding tert-OH is 1. The average molecular weight is 532 g/mol. The zero-order valence-corrected chi connectivity index (χ0v) is 21.3. The number of hydrogen-bond donors (Lipinski definition) is 1. The van der Waals surface area contributed by atoms with Gasteiger partial charge in [0.05, 0.1) is 12.6 Å². The Morgan fingerprint density at radius 2 is 1.89 bits per heavy atom. The molecule has 8 nitrogen and oxygen atoms in total. The number of nitrogens with zero attached hydrogens (tertiary/aromatic N) is 5. The summed E-state index contributed by atoms with van der Waals surface area (Å²) >= 11 is 0. The van der Waals surface area contributed by atoms with E-state index in [9.17, 15) is 27.9 Å². The van der Waals surface area contributed by atoms with Gasteiger partial charge < -0.3 is 19.8 Å². The number of rotatable bonds is 5. The Balaban J connectivity index is 1.14. The molecule has 4 aliphatic rings. The summed E-state index contributed by atoms with van der Waals surface area (Å²) in [6.07, 6.45) is -3.07. The molecular formula is C27H32F3N5O3. The predicted octanol–water partition coefficient (Wildman–Crippen LogP) is 2.68. The SMILES string of the molecule is Cc1c(C(F)F)cccc1N1CCN(C(=O)Cn2nc(C(=O)N3CC[C@@H](O)[C@@H](F)C3)c3c2C[C@H]2C[C@@H]32)CC1. The number of piperidine rings is 1. The number of carbonyl (C=O) groups excluding carboxylic acids is 2. The van der Waals surface area contributed by atoms with Crippen molar-refractivity contribution in [2.24, 2.45) is 5.92 Å². The van der Waals surface area contributed by atoms with Crippen molar-refractivity contribution in [3.05, 3.63) is 46.3 Å². The van der Waals surface area contributed by atoms with Gasteiger partial charge in [0.25, 0.3) is 12.3 Å². The highest BCUT2D eigenvalue weighted by molar-refractivity contribution is 5.95. The largest absolute Gasteiger partial charge is 0.390 e. The molecule has 1 saturated carbocycles. The summed E-state index contributed by atoms with van der Waals surface area (Å²) in [7, 11) is 0. The minimum Gasteiger partial charge on any atom is -0.390 e. The molecule has 2 aliphatic carbocycles. The topological polar surface area (TPSA) is 81.9 Å². The molecule has 3 fully saturated rings. The molecule has 3 heterocycles. The summed E-state index contributed by atoms with van der Waals surface area (Å²) in [5.74, 6) is 0.325. The van der Waals surface area contributed by atoms with Gasteiger partial charge >= 0.3 is 0 Å². The van der Waals surface area contributed by atoms with Crippen molar-refractivity contribution in [1.82, 2.24) is 19.6 Å². The Morgan fingerprint density at radius 1 is 1.13 bits per heavy atom. The molecule has 2 aromatic rings. The predicted molar refractivity (Wildman–Crippen MR) is 133 cm³/mol. The number of fused-ring (bicyclic) bond motifs is 3. The molecule has 4 atom stereocenters. The summed E-state index contributed by atoms with van der Waals surface area (Å²) in [5.41, 5.74) is 3.51. The van der Waals surface area contributed by atoms with Crippen molar-refractivity contribution in [1.29, 1.82) is 0 Å². The Kier molecular flexibility index (Phi) is 6.36. The monoisotopic (exact) mass is 531 g/mol. The lowest BCUT2D eigenvalue weighted by atomic mass is 10.0. The quantitative estimate of drug-likeness (QED) is 0.642. The first kappa shape index (κ1) is 25.2. The first-order valence-corrected chi connectivity index (χ1v) is 13.3. The van der Waals surface area contributed by atoms with Gasteiger partial charge in [0.1, 0.15) is 12.7 Å². The molecule has 1 aromatic carbocycles. The molecule has 2 amide bonds. The van der Waals surface area contributed by atoms with Gasteiger partial charge in [0.2, 0.25) is 5.91 Å². The molecule has 11 heteroatoms. The number of piperazine rings is 1. The molecule has 0 spiro atoms. The van der Waals surface area contributed by atoms with Crippen LogP contribution in [0.25, 0.3) is 0 Å². The molecule has 1 aromatic heterocycles. The molecule has 2 aliphatic heterocycles. The van der Waals surface area contributed by atoms with E-state index in [0.29, 0.717) is 43.4 Å². The van der Waals surface area contributed by atoms with E-state index in [4.69, 9.17) is 0 Å². The number of aromatic nitrogens is 2. The molecule has 2 saturated heterocycles. The molecular weight excluding hydrogens is 499 g/mol. The highest BCUT2D eigenvalue weighted by Crippen LogP contribution is 2.57. The summed E-state index contributed by atoms with van der Waals surface area (Å²) in [6, 6.07) is 4.92. The summed E-state index contributed by atoms with van der Waals surface area (Å²) in [4.78, 5) is 31.8. The zero-order chi connectivity index (χ0) is 26.7. The second-order valence-electron chi connectivity index (χ2n) is 11.0. The van der Waals surface area contributed by atoms with Crippen LogP contribution >= 0.6 is 0 Å². The van der Waals surface area contributed by atoms with Gasteiger partial charge in [-0.2, -0.15) is 5.10 Å². The van der Waals surface area contributed by atoms with E-state index >= 15 is 0 Å². The van der Waals surface area contributed by atoms with E-state index in [2.05, 4.69) is 5.10 Å². The fourth-order valence-electron chi connectivity index (χ4n) is 6.35. The lowest BCUT2D eigenvalue weighted by Crippen LogP contribution is -2.50. The number of hydrogen-bond acceptors (Lipinski definition) is 5. The summed E-state index contributed by atoms with van der Waals surface area (Å²) in [5, 5.41) is 14.3. The average Bonchev–Trinajstić information content (AvgIpc) is 3.43. The van der Waals surface area contributed by atoms with Crippen LogP contribution in [0.2, 0.25) is 0 Å². The van der Waals surface area contributed by atoms with Gasteiger partial charge in [-0.3, -0.25) is 14.3 Å². The third kappa shape index (κ3) is 4.34. The van der Waals surface area contributed by atoms with Crippen LogP contribution < -0.4 is 4.90 Å². The molecule has 0 unspecified atom stereocenters. The number of alkyl halides is 3. The van der Waals surface area contributed by atoms with E-state index in [0.717, 1.165) is 29.8 Å². The second-order valence-corrected chi connectivity index (χ2v) is 11.0. The number of anilines is 1. The van der Waals surface area contributed by atoms with Crippen LogP contribution in [0, 0.1) is 12.8 Å². The number of carbonyl (C=O) groups is 2. The number of likely N-dealkylation sites (tertiary alicyclic amines) is 1. The maximum Gasteiger partial charge on any atom is 0.274 e. The van der Waals surface area contributed by atoms with Gasteiger partial charge in [-0.05, 0) is 49.7 Å². The van der Waals surface area contributed by atoms with Crippen LogP contribution in [0.3, 0.4) is 0 Å². The van der Waals surface area contributed by atoms with E-state index in [1.165, 1.54) is 11.0 Å². The molecule has 204 valence electrons. The zero-order valence-electron chi connectivity index (χ0n) is 21.3.